The fourth-order valence-corrected chi connectivity index (χ4v) is 3.10. The average Bonchev–Trinajstić information content (AvgIpc) is 2.64. The zero-order chi connectivity index (χ0) is 17.8. The highest BCUT2D eigenvalue weighted by Crippen LogP contribution is 2.24. The normalized spacial score (nSPS) is 15.0. The number of benzene rings is 1. The van der Waals surface area contributed by atoms with Gasteiger partial charge in [0.25, 0.3) is 5.91 Å². The Morgan fingerprint density at radius 2 is 1.84 bits per heavy atom. The zero-order valence-corrected chi connectivity index (χ0v) is 15.1. The Morgan fingerprint density at radius 1 is 1.16 bits per heavy atom. The van der Waals surface area contributed by atoms with E-state index in [1.807, 2.05) is 12.1 Å². The van der Waals surface area contributed by atoms with Crippen molar-refractivity contribution in [1.82, 2.24) is 9.88 Å². The maximum Gasteiger partial charge on any atom is 0.253 e. The molecule has 7 heteroatoms. The Balaban J connectivity index is 1.56. The van der Waals surface area contributed by atoms with Crippen LogP contribution in [0.4, 0.5) is 5.82 Å². The molecular formula is C18H18BrN3O3. The zero-order valence-electron chi connectivity index (χ0n) is 13.5. The van der Waals surface area contributed by atoms with Gasteiger partial charge < -0.3 is 15.3 Å². The quantitative estimate of drug-likeness (QED) is 0.824. The van der Waals surface area contributed by atoms with Crippen LogP contribution in [-0.4, -0.2) is 39.9 Å². The summed E-state index contributed by atoms with van der Waals surface area (Å²) in [6.07, 6.45) is 2.68. The number of hydrogen-bond acceptors (Lipinski definition) is 4. The Hall–Kier alpha value is -2.41. The first kappa shape index (κ1) is 17.4. The SMILES string of the molecule is O=C(Nc1ncccc1O)C1CCN(C(=O)c2ccc(Br)cc2)CC1. The Bertz CT molecular complexity index is 771. The van der Waals surface area contributed by atoms with Crippen LogP contribution in [0.5, 0.6) is 5.75 Å². The number of amides is 2. The van der Waals surface area contributed by atoms with E-state index in [9.17, 15) is 14.7 Å². The van der Waals surface area contributed by atoms with E-state index in [0.29, 0.717) is 31.5 Å². The lowest BCUT2D eigenvalue weighted by Gasteiger charge is -2.31. The lowest BCUT2D eigenvalue weighted by atomic mass is 9.95. The molecule has 1 saturated heterocycles. The molecular weight excluding hydrogens is 386 g/mol. The van der Waals surface area contributed by atoms with Gasteiger partial charge in [-0.3, -0.25) is 9.59 Å². The van der Waals surface area contributed by atoms with Gasteiger partial charge in [0, 0.05) is 35.2 Å². The molecule has 3 rings (SSSR count). The van der Waals surface area contributed by atoms with Gasteiger partial charge in [-0.05, 0) is 49.2 Å². The number of aromatic hydroxyl groups is 1. The first-order valence-corrected chi connectivity index (χ1v) is 8.83. The number of pyridine rings is 1. The highest BCUT2D eigenvalue weighted by Gasteiger charge is 2.28. The molecule has 0 atom stereocenters. The van der Waals surface area contributed by atoms with Gasteiger partial charge in [-0.25, -0.2) is 4.98 Å². The number of likely N-dealkylation sites (tertiary alicyclic amines) is 1. The maximum absolute atomic E-state index is 12.5. The van der Waals surface area contributed by atoms with Crippen LogP contribution in [0.1, 0.15) is 23.2 Å². The van der Waals surface area contributed by atoms with Crippen molar-refractivity contribution in [2.45, 2.75) is 12.8 Å². The number of carbonyl (C=O) groups excluding carboxylic acids is 2. The smallest absolute Gasteiger partial charge is 0.253 e. The number of nitrogens with zero attached hydrogens (tertiary/aromatic N) is 2. The summed E-state index contributed by atoms with van der Waals surface area (Å²) in [6.45, 7) is 1.06. The summed E-state index contributed by atoms with van der Waals surface area (Å²) in [4.78, 5) is 30.5. The Morgan fingerprint density at radius 3 is 2.48 bits per heavy atom. The van der Waals surface area contributed by atoms with Gasteiger partial charge >= 0.3 is 0 Å². The van der Waals surface area contributed by atoms with Crippen molar-refractivity contribution < 1.29 is 14.7 Å². The van der Waals surface area contributed by atoms with Crippen LogP contribution < -0.4 is 5.32 Å². The predicted octanol–water partition coefficient (Wildman–Crippen LogP) is 3.04. The minimum Gasteiger partial charge on any atom is -0.504 e. The summed E-state index contributed by atoms with van der Waals surface area (Å²) in [5.74, 6) is -0.284. The number of anilines is 1. The number of rotatable bonds is 3. The highest BCUT2D eigenvalue weighted by molar-refractivity contribution is 9.10. The first-order valence-electron chi connectivity index (χ1n) is 8.04. The van der Waals surface area contributed by atoms with E-state index < -0.39 is 0 Å². The van der Waals surface area contributed by atoms with Crippen molar-refractivity contribution in [2.24, 2.45) is 5.92 Å². The monoisotopic (exact) mass is 403 g/mol. The van der Waals surface area contributed by atoms with Crippen LogP contribution in [0.15, 0.2) is 47.1 Å². The summed E-state index contributed by atoms with van der Waals surface area (Å²) < 4.78 is 0.928. The molecule has 1 fully saturated rings. The highest BCUT2D eigenvalue weighted by atomic mass is 79.9. The number of nitrogens with one attached hydrogen (secondary N) is 1. The molecule has 0 bridgehead atoms. The average molecular weight is 404 g/mol. The number of aromatic nitrogens is 1. The van der Waals surface area contributed by atoms with E-state index in [0.717, 1.165) is 4.47 Å². The second-order valence-corrected chi connectivity index (χ2v) is 6.85. The molecule has 2 amide bonds. The maximum atomic E-state index is 12.5. The number of carbonyl (C=O) groups is 2. The molecule has 0 unspecified atom stereocenters. The molecule has 130 valence electrons. The fourth-order valence-electron chi connectivity index (χ4n) is 2.83. The molecule has 2 N–H and O–H groups in total. The topological polar surface area (TPSA) is 82.5 Å². The van der Waals surface area contributed by atoms with E-state index in [2.05, 4.69) is 26.2 Å². The van der Waals surface area contributed by atoms with Crippen LogP contribution in [-0.2, 0) is 4.79 Å². The van der Waals surface area contributed by atoms with Gasteiger partial charge in [-0.1, -0.05) is 15.9 Å². The summed E-state index contributed by atoms with van der Waals surface area (Å²) in [7, 11) is 0. The molecule has 0 aliphatic carbocycles. The third kappa shape index (κ3) is 4.17. The van der Waals surface area contributed by atoms with E-state index in [1.54, 1.807) is 23.1 Å². The van der Waals surface area contributed by atoms with Crippen molar-refractivity contribution in [2.75, 3.05) is 18.4 Å². The van der Waals surface area contributed by atoms with E-state index >= 15 is 0 Å². The molecule has 2 heterocycles. The molecule has 1 aliphatic rings. The molecule has 1 aromatic carbocycles. The van der Waals surface area contributed by atoms with Crippen LogP contribution in [0.25, 0.3) is 0 Å². The van der Waals surface area contributed by atoms with Crippen molar-refractivity contribution >= 4 is 33.6 Å². The second-order valence-electron chi connectivity index (χ2n) is 5.93. The third-order valence-corrected chi connectivity index (χ3v) is 4.80. The molecule has 6 nitrogen and oxygen atoms in total. The second kappa shape index (κ2) is 7.65. The first-order chi connectivity index (χ1) is 12.0. The molecule has 25 heavy (non-hydrogen) atoms. The predicted molar refractivity (Wildman–Crippen MR) is 97.3 cm³/mol. The van der Waals surface area contributed by atoms with Gasteiger partial charge in [0.05, 0.1) is 0 Å². The minimum absolute atomic E-state index is 0.0197. The van der Waals surface area contributed by atoms with Crippen LogP contribution >= 0.6 is 15.9 Å². The van der Waals surface area contributed by atoms with Gasteiger partial charge in [0.15, 0.2) is 11.6 Å². The molecule has 0 spiro atoms. The van der Waals surface area contributed by atoms with Crippen LogP contribution in [0, 0.1) is 5.92 Å². The lowest BCUT2D eigenvalue weighted by molar-refractivity contribution is -0.121. The van der Waals surface area contributed by atoms with E-state index in [-0.39, 0.29) is 29.3 Å². The van der Waals surface area contributed by atoms with E-state index in [1.165, 1.54) is 12.3 Å². The van der Waals surface area contributed by atoms with Gasteiger partial charge in [-0.2, -0.15) is 0 Å². The number of hydrogen-bond donors (Lipinski definition) is 2. The fraction of sp³-hybridized carbons (Fsp3) is 0.278. The van der Waals surface area contributed by atoms with Crippen molar-refractivity contribution in [1.29, 1.82) is 0 Å². The Labute approximate surface area is 154 Å². The standard InChI is InChI=1S/C18H18BrN3O3/c19-14-5-3-13(4-6-14)18(25)22-10-7-12(8-11-22)17(24)21-16-15(23)2-1-9-20-16/h1-6,9,12,23H,7-8,10-11H2,(H,20,21,24). The third-order valence-electron chi connectivity index (χ3n) is 4.27. The van der Waals surface area contributed by atoms with Crippen molar-refractivity contribution in [3.8, 4) is 5.75 Å². The van der Waals surface area contributed by atoms with Gasteiger partial charge in [-0.15, -0.1) is 0 Å². The van der Waals surface area contributed by atoms with Gasteiger partial charge in [0.1, 0.15) is 0 Å². The number of halogens is 1. The Kier molecular flexibility index (Phi) is 5.33. The lowest BCUT2D eigenvalue weighted by Crippen LogP contribution is -2.41. The van der Waals surface area contributed by atoms with Crippen molar-refractivity contribution in [3.63, 3.8) is 0 Å². The van der Waals surface area contributed by atoms with E-state index in [4.69, 9.17) is 0 Å². The summed E-state index contributed by atoms with van der Waals surface area (Å²) >= 11 is 3.35. The molecule has 0 saturated carbocycles. The molecule has 1 aromatic heterocycles. The summed E-state index contributed by atoms with van der Waals surface area (Å²) in [5, 5.41) is 12.3. The van der Waals surface area contributed by atoms with Crippen LogP contribution in [0.2, 0.25) is 0 Å². The molecule has 1 aliphatic heterocycles. The van der Waals surface area contributed by atoms with Crippen molar-refractivity contribution in [3.05, 3.63) is 52.6 Å². The van der Waals surface area contributed by atoms with Gasteiger partial charge in [0.2, 0.25) is 5.91 Å². The molecule has 0 radical (unpaired) electrons. The largest absolute Gasteiger partial charge is 0.504 e. The molecule has 2 aromatic rings. The van der Waals surface area contributed by atoms with Crippen LogP contribution in [0.3, 0.4) is 0 Å². The minimum atomic E-state index is -0.199. The summed E-state index contributed by atoms with van der Waals surface area (Å²) in [6, 6.07) is 10.3. The summed E-state index contributed by atoms with van der Waals surface area (Å²) in [5.41, 5.74) is 0.643. The number of piperidine rings is 1.